The molecular formula is C25H20N2O2. The van der Waals surface area contributed by atoms with E-state index in [4.69, 9.17) is 0 Å². The molecule has 6 rings (SSSR count). The molecule has 0 N–H and O–H groups in total. The monoisotopic (exact) mass is 380 g/mol. The van der Waals surface area contributed by atoms with Crippen LogP contribution in [0.15, 0.2) is 60.7 Å². The van der Waals surface area contributed by atoms with Gasteiger partial charge in [-0.15, -0.1) is 0 Å². The number of rotatable bonds is 3. The molecule has 29 heavy (non-hydrogen) atoms. The lowest BCUT2D eigenvalue weighted by atomic mass is 9.81. The van der Waals surface area contributed by atoms with Crippen LogP contribution >= 0.6 is 0 Å². The molecule has 3 aromatic carbocycles. The minimum atomic E-state index is -0.0612. The molecule has 0 aromatic heterocycles. The predicted molar refractivity (Wildman–Crippen MR) is 114 cm³/mol. The smallest absolute Gasteiger partial charge is 0.247 e. The molecule has 4 nitrogen and oxygen atoms in total. The Morgan fingerprint density at radius 2 is 1.28 bits per heavy atom. The quantitative estimate of drug-likeness (QED) is 0.634. The normalized spacial score (nSPS) is 18.0. The fraction of sp³-hybridized carbons (Fsp3) is 0.200. The summed E-state index contributed by atoms with van der Waals surface area (Å²) in [6.45, 7) is 5.44. The highest BCUT2D eigenvalue weighted by Crippen LogP contribution is 2.49. The van der Waals surface area contributed by atoms with Crippen molar-refractivity contribution in [1.29, 1.82) is 0 Å². The molecule has 2 fully saturated rings. The Morgan fingerprint density at radius 3 is 1.90 bits per heavy atom. The van der Waals surface area contributed by atoms with Crippen molar-refractivity contribution in [2.45, 2.75) is 19.3 Å². The van der Waals surface area contributed by atoms with E-state index in [0.29, 0.717) is 13.1 Å². The number of carbonyl (C=O) groups excluding carboxylic acids is 2. The molecular weight excluding hydrogens is 360 g/mol. The summed E-state index contributed by atoms with van der Waals surface area (Å²) >= 11 is 0. The van der Waals surface area contributed by atoms with Crippen LogP contribution in [0.2, 0.25) is 0 Å². The fourth-order valence-corrected chi connectivity index (χ4v) is 4.63. The molecule has 0 radical (unpaired) electrons. The largest absolute Gasteiger partial charge is 0.301 e. The minimum absolute atomic E-state index is 0.0612. The predicted octanol–water partition coefficient (Wildman–Crippen LogP) is 4.35. The van der Waals surface area contributed by atoms with Crippen molar-refractivity contribution in [3.63, 3.8) is 0 Å². The molecule has 3 aliphatic rings. The molecule has 4 heteroatoms. The molecule has 2 amide bonds. The summed E-state index contributed by atoms with van der Waals surface area (Å²) in [6.07, 6.45) is 0. The van der Waals surface area contributed by atoms with E-state index in [1.54, 1.807) is 9.80 Å². The van der Waals surface area contributed by atoms with Crippen molar-refractivity contribution in [3.05, 3.63) is 71.8 Å². The highest BCUT2D eigenvalue weighted by atomic mass is 16.2. The molecule has 0 spiro atoms. The standard InChI is InChI=1S/C25H20N2O2/c1-25(2)21-6-4-3-5-19(21)20-8-7-15(11-22(20)25)16-9-17(26-13-23(26)28)12-18(10-16)27-14-24(27)29/h3-12H,13-14H2,1-2H3. The molecule has 0 atom stereocenters. The maximum atomic E-state index is 11.7. The lowest BCUT2D eigenvalue weighted by molar-refractivity contribution is -0.110. The first-order valence-electron chi connectivity index (χ1n) is 9.94. The molecule has 0 bridgehead atoms. The lowest BCUT2D eigenvalue weighted by Crippen LogP contribution is -2.14. The van der Waals surface area contributed by atoms with Crippen LogP contribution in [0, 0.1) is 0 Å². The van der Waals surface area contributed by atoms with E-state index in [9.17, 15) is 9.59 Å². The SMILES string of the molecule is CC1(C)c2ccccc2-c2ccc(-c3cc(N4CC4=O)cc(N4CC4=O)c3)cc21. The van der Waals surface area contributed by atoms with Crippen molar-refractivity contribution in [1.82, 2.24) is 0 Å². The van der Waals surface area contributed by atoms with Gasteiger partial charge in [0.05, 0.1) is 0 Å². The number of benzene rings is 3. The van der Waals surface area contributed by atoms with Crippen molar-refractivity contribution < 1.29 is 9.59 Å². The van der Waals surface area contributed by atoms with E-state index in [2.05, 4.69) is 68.4 Å². The third kappa shape index (κ3) is 2.38. The van der Waals surface area contributed by atoms with Crippen LogP contribution in [0.4, 0.5) is 11.4 Å². The maximum absolute atomic E-state index is 11.7. The van der Waals surface area contributed by atoms with E-state index in [-0.39, 0.29) is 17.2 Å². The number of fused-ring (bicyclic) bond motifs is 3. The molecule has 0 saturated carbocycles. The van der Waals surface area contributed by atoms with Gasteiger partial charge in [-0.25, -0.2) is 0 Å². The zero-order valence-corrected chi connectivity index (χ0v) is 16.4. The third-order valence-electron chi connectivity index (χ3n) is 6.42. The topological polar surface area (TPSA) is 40.2 Å². The van der Waals surface area contributed by atoms with E-state index in [1.807, 2.05) is 6.07 Å². The first-order valence-corrected chi connectivity index (χ1v) is 9.94. The average molecular weight is 380 g/mol. The van der Waals surface area contributed by atoms with Crippen LogP contribution in [-0.2, 0) is 15.0 Å². The Kier molecular flexibility index (Phi) is 3.05. The summed E-state index contributed by atoms with van der Waals surface area (Å²) in [5, 5.41) is 0. The van der Waals surface area contributed by atoms with Gasteiger partial charge in [0.15, 0.2) is 0 Å². The second-order valence-corrected chi connectivity index (χ2v) is 8.63. The van der Waals surface area contributed by atoms with Crippen LogP contribution in [-0.4, -0.2) is 24.9 Å². The minimum Gasteiger partial charge on any atom is -0.301 e. The molecule has 1 aliphatic carbocycles. The van der Waals surface area contributed by atoms with Crippen molar-refractivity contribution in [2.24, 2.45) is 0 Å². The van der Waals surface area contributed by atoms with Gasteiger partial charge in [-0.05, 0) is 57.6 Å². The second kappa shape index (κ2) is 5.35. The Balaban J connectivity index is 1.49. The van der Waals surface area contributed by atoms with Gasteiger partial charge in [-0.3, -0.25) is 9.59 Å². The number of carbonyl (C=O) groups is 2. The molecule has 2 saturated heterocycles. The highest BCUT2D eigenvalue weighted by molar-refractivity contribution is 6.15. The van der Waals surface area contributed by atoms with E-state index in [1.165, 1.54) is 22.3 Å². The van der Waals surface area contributed by atoms with Crippen LogP contribution in [0.25, 0.3) is 22.3 Å². The summed E-state index contributed by atoms with van der Waals surface area (Å²) in [5.41, 5.74) is 9.07. The van der Waals surface area contributed by atoms with E-state index >= 15 is 0 Å². The first-order chi connectivity index (χ1) is 13.9. The Bertz CT molecular complexity index is 1200. The Morgan fingerprint density at radius 1 is 0.690 bits per heavy atom. The number of hydrogen-bond donors (Lipinski definition) is 0. The van der Waals surface area contributed by atoms with E-state index < -0.39 is 0 Å². The van der Waals surface area contributed by atoms with Gasteiger partial charge in [0.1, 0.15) is 13.1 Å². The van der Waals surface area contributed by atoms with E-state index in [0.717, 1.165) is 22.5 Å². The summed E-state index contributed by atoms with van der Waals surface area (Å²) < 4.78 is 0. The van der Waals surface area contributed by atoms with Gasteiger partial charge in [-0.1, -0.05) is 50.2 Å². The van der Waals surface area contributed by atoms with Crippen LogP contribution in [0.1, 0.15) is 25.0 Å². The third-order valence-corrected chi connectivity index (χ3v) is 6.42. The van der Waals surface area contributed by atoms with Crippen LogP contribution < -0.4 is 9.80 Å². The summed E-state index contributed by atoms with van der Waals surface area (Å²) in [5.74, 6) is 0.242. The van der Waals surface area contributed by atoms with Crippen LogP contribution in [0.5, 0.6) is 0 Å². The molecule has 3 aromatic rings. The zero-order valence-electron chi connectivity index (χ0n) is 16.4. The highest BCUT2D eigenvalue weighted by Gasteiger charge is 2.37. The first kappa shape index (κ1) is 16.5. The second-order valence-electron chi connectivity index (χ2n) is 8.63. The maximum Gasteiger partial charge on any atom is 0.247 e. The number of hydrogen-bond acceptors (Lipinski definition) is 2. The average Bonchev–Trinajstić information content (AvgIpc) is 3.63. The lowest BCUT2D eigenvalue weighted by Gasteiger charge is -2.22. The molecule has 2 heterocycles. The molecule has 0 unspecified atom stereocenters. The number of nitrogens with zero attached hydrogens (tertiary/aromatic N) is 2. The summed E-state index contributed by atoms with van der Waals surface area (Å²) in [4.78, 5) is 26.9. The Hall–Kier alpha value is -3.40. The van der Waals surface area contributed by atoms with Crippen molar-refractivity contribution in [2.75, 3.05) is 22.9 Å². The molecule has 2 aliphatic heterocycles. The van der Waals surface area contributed by atoms with Gasteiger partial charge in [0.25, 0.3) is 0 Å². The van der Waals surface area contributed by atoms with Gasteiger partial charge in [0.2, 0.25) is 11.8 Å². The molecule has 142 valence electrons. The van der Waals surface area contributed by atoms with Crippen LogP contribution in [0.3, 0.4) is 0 Å². The van der Waals surface area contributed by atoms with Gasteiger partial charge in [-0.2, -0.15) is 0 Å². The van der Waals surface area contributed by atoms with Gasteiger partial charge in [0, 0.05) is 16.8 Å². The summed E-state index contributed by atoms with van der Waals surface area (Å²) in [7, 11) is 0. The number of anilines is 2. The van der Waals surface area contributed by atoms with Crippen molar-refractivity contribution in [3.8, 4) is 22.3 Å². The van der Waals surface area contributed by atoms with Crippen molar-refractivity contribution >= 4 is 23.2 Å². The fourth-order valence-electron chi connectivity index (χ4n) is 4.63. The zero-order chi connectivity index (χ0) is 19.9. The van der Waals surface area contributed by atoms with Gasteiger partial charge < -0.3 is 9.80 Å². The van der Waals surface area contributed by atoms with Gasteiger partial charge >= 0.3 is 0 Å². The summed E-state index contributed by atoms with van der Waals surface area (Å²) in [6, 6.07) is 21.3. The Labute approximate surface area is 169 Å². The number of amides is 2.